The van der Waals surface area contributed by atoms with Crippen molar-refractivity contribution in [2.24, 2.45) is 5.92 Å². The summed E-state index contributed by atoms with van der Waals surface area (Å²) in [4.78, 5) is 60.9. The number of amides is 4. The fourth-order valence-electron chi connectivity index (χ4n) is 6.78. The first kappa shape index (κ1) is 32.2. The van der Waals surface area contributed by atoms with Crippen molar-refractivity contribution in [1.29, 1.82) is 0 Å². The molecular weight excluding hydrogens is 570 g/mol. The Labute approximate surface area is 265 Å². The summed E-state index contributed by atoms with van der Waals surface area (Å²) >= 11 is 0. The second-order valence-electron chi connectivity index (χ2n) is 12.6. The van der Waals surface area contributed by atoms with Crippen molar-refractivity contribution in [3.05, 3.63) is 71.9 Å². The zero-order chi connectivity index (χ0) is 32.1. The minimum atomic E-state index is -0.946. The van der Waals surface area contributed by atoms with Crippen LogP contribution in [-0.2, 0) is 25.6 Å². The van der Waals surface area contributed by atoms with Crippen molar-refractivity contribution in [2.75, 3.05) is 27.2 Å². The van der Waals surface area contributed by atoms with Crippen molar-refractivity contribution >= 4 is 29.7 Å². The first-order valence-electron chi connectivity index (χ1n) is 16.0. The number of carbonyl (C=O) groups excluding carboxylic acids is 4. The van der Waals surface area contributed by atoms with Crippen molar-refractivity contribution in [1.82, 2.24) is 25.3 Å². The predicted octanol–water partition coefficient (Wildman–Crippen LogP) is 2.83. The van der Waals surface area contributed by atoms with Crippen molar-refractivity contribution in [3.63, 3.8) is 0 Å². The van der Waals surface area contributed by atoms with Crippen molar-refractivity contribution in [2.45, 2.75) is 76.2 Å². The third-order valence-corrected chi connectivity index (χ3v) is 9.29. The molecule has 45 heavy (non-hydrogen) atoms. The van der Waals surface area contributed by atoms with Gasteiger partial charge in [-0.05, 0) is 62.2 Å². The number of fused-ring (bicyclic) bond motifs is 4. The molecule has 10 nitrogen and oxygen atoms in total. The van der Waals surface area contributed by atoms with Gasteiger partial charge in [0.25, 0.3) is 0 Å². The van der Waals surface area contributed by atoms with E-state index in [1.165, 1.54) is 0 Å². The molecule has 10 heteroatoms. The van der Waals surface area contributed by atoms with E-state index in [0.717, 1.165) is 17.5 Å². The third kappa shape index (κ3) is 7.22. The fraction of sp³-hybridized carbons (Fsp3) is 0.486. The molecule has 6 atom stereocenters. The van der Waals surface area contributed by atoms with E-state index in [2.05, 4.69) is 10.6 Å². The quantitative estimate of drug-likeness (QED) is 0.473. The molecular formula is C35H45N5O5. The lowest BCUT2D eigenvalue weighted by Crippen LogP contribution is -2.60. The lowest BCUT2D eigenvalue weighted by atomic mass is 9.96. The molecule has 0 saturated carbocycles. The zero-order valence-corrected chi connectivity index (χ0v) is 26.6. The highest BCUT2D eigenvalue weighted by atomic mass is 16.5. The number of rotatable bonds is 8. The number of ether oxygens (including phenoxy) is 1. The average molecular weight is 616 g/mol. The van der Waals surface area contributed by atoms with Crippen LogP contribution in [0.3, 0.4) is 0 Å². The van der Waals surface area contributed by atoms with Gasteiger partial charge in [0.1, 0.15) is 30.0 Å². The molecule has 4 aliphatic rings. The van der Waals surface area contributed by atoms with E-state index in [1.807, 2.05) is 87.4 Å². The lowest BCUT2D eigenvalue weighted by Gasteiger charge is -2.35. The van der Waals surface area contributed by atoms with E-state index < -0.39 is 30.3 Å². The minimum Gasteiger partial charge on any atom is -0.488 e. The van der Waals surface area contributed by atoms with Crippen molar-refractivity contribution in [3.8, 4) is 5.75 Å². The summed E-state index contributed by atoms with van der Waals surface area (Å²) < 4.78 is 6.40. The molecule has 2 aromatic rings. The number of carbonyl (C=O) groups is 4. The van der Waals surface area contributed by atoms with Gasteiger partial charge in [-0.1, -0.05) is 62.7 Å². The van der Waals surface area contributed by atoms with Gasteiger partial charge < -0.3 is 25.2 Å². The summed E-state index contributed by atoms with van der Waals surface area (Å²) in [6.45, 7) is 4.77. The highest BCUT2D eigenvalue weighted by Gasteiger charge is 2.49. The maximum atomic E-state index is 14.6. The first-order valence-corrected chi connectivity index (χ1v) is 16.0. The van der Waals surface area contributed by atoms with E-state index in [-0.39, 0.29) is 42.5 Å². The normalized spacial score (nSPS) is 24.2. The van der Waals surface area contributed by atoms with Crippen LogP contribution in [-0.4, -0.2) is 95.8 Å². The number of likely N-dealkylation sites (tertiary alicyclic amines) is 1. The standard InChI is InChI=1S/C35H45N5O5/c1-5-23(2)30(38(3)4)33(42)37-27(22-25-10-7-6-8-11-25)34(43)40-21-18-29-31(40)35(44)39-20-9-12-28(39)32(41)36-19-17-24-13-15-26(45-29)16-14-24/h6-8,10-11,13-17,19,23,27-31H,5,9,12,18,20-22H2,1-4H3,(H,36,41)(H,37,42)/b19-17-. The SMILES string of the molecule is CCC(C)C(C(=O)NC(Cc1ccccc1)C(=O)N1CCC2Oc3ccc(cc3)/C=C\NC(=O)C3CCCN3C(=O)C21)N(C)C. The second-order valence-corrected chi connectivity index (χ2v) is 12.6. The van der Waals surface area contributed by atoms with Gasteiger partial charge in [0.15, 0.2) is 0 Å². The highest BCUT2D eigenvalue weighted by Crippen LogP contribution is 2.30. The predicted molar refractivity (Wildman–Crippen MR) is 172 cm³/mol. The molecule has 2 N–H and O–H groups in total. The zero-order valence-electron chi connectivity index (χ0n) is 26.6. The Morgan fingerprint density at radius 3 is 2.47 bits per heavy atom. The second kappa shape index (κ2) is 14.3. The number of nitrogens with one attached hydrogen (secondary N) is 2. The number of nitrogens with zero attached hydrogens (tertiary/aromatic N) is 3. The van der Waals surface area contributed by atoms with Crippen LogP contribution in [0.5, 0.6) is 5.75 Å². The van der Waals surface area contributed by atoms with Gasteiger partial charge in [-0.3, -0.25) is 24.1 Å². The van der Waals surface area contributed by atoms with Gasteiger partial charge in [0.2, 0.25) is 23.6 Å². The molecule has 4 heterocycles. The minimum absolute atomic E-state index is 0.0673. The topological polar surface area (TPSA) is 111 Å². The summed E-state index contributed by atoms with van der Waals surface area (Å²) in [6, 6.07) is 14.1. The molecule has 0 aromatic heterocycles. The Kier molecular flexibility index (Phi) is 10.2. The summed E-state index contributed by atoms with van der Waals surface area (Å²) in [5, 5.41) is 5.91. The summed E-state index contributed by atoms with van der Waals surface area (Å²) in [6.07, 6.45) is 5.53. The summed E-state index contributed by atoms with van der Waals surface area (Å²) in [5.74, 6) is -0.461. The number of hydrogen-bond donors (Lipinski definition) is 2. The van der Waals surface area contributed by atoms with Crippen LogP contribution in [0.15, 0.2) is 60.8 Å². The van der Waals surface area contributed by atoms with Crippen LogP contribution in [0.2, 0.25) is 0 Å². The van der Waals surface area contributed by atoms with E-state index in [1.54, 1.807) is 22.1 Å². The molecule has 240 valence electrons. The van der Waals surface area contributed by atoms with Crippen LogP contribution in [0.25, 0.3) is 6.08 Å². The number of hydrogen-bond acceptors (Lipinski definition) is 6. The monoisotopic (exact) mass is 615 g/mol. The van der Waals surface area contributed by atoms with Gasteiger partial charge >= 0.3 is 0 Å². The third-order valence-electron chi connectivity index (χ3n) is 9.29. The molecule has 2 saturated heterocycles. The van der Waals surface area contributed by atoms with Gasteiger partial charge in [-0.15, -0.1) is 0 Å². The molecule has 4 aliphatic heterocycles. The van der Waals surface area contributed by atoms with Gasteiger partial charge in [-0.2, -0.15) is 0 Å². The Morgan fingerprint density at radius 2 is 1.78 bits per heavy atom. The number of likely N-dealkylation sites (N-methyl/N-ethyl adjacent to an activating group) is 1. The molecule has 2 aromatic carbocycles. The van der Waals surface area contributed by atoms with Gasteiger partial charge in [-0.25, -0.2) is 0 Å². The Balaban J connectivity index is 1.49. The van der Waals surface area contributed by atoms with E-state index in [4.69, 9.17) is 4.74 Å². The maximum Gasteiger partial charge on any atom is 0.249 e. The van der Waals surface area contributed by atoms with Crippen LogP contribution in [0.1, 0.15) is 50.7 Å². The Bertz CT molecular complexity index is 1390. The van der Waals surface area contributed by atoms with Gasteiger partial charge in [0, 0.05) is 32.1 Å². The van der Waals surface area contributed by atoms with E-state index in [0.29, 0.717) is 31.6 Å². The highest BCUT2D eigenvalue weighted by molar-refractivity contribution is 5.96. The smallest absolute Gasteiger partial charge is 0.249 e. The average Bonchev–Trinajstić information content (AvgIpc) is 3.69. The molecule has 0 aliphatic carbocycles. The van der Waals surface area contributed by atoms with Gasteiger partial charge in [0.05, 0.1) is 6.04 Å². The molecule has 6 unspecified atom stereocenters. The van der Waals surface area contributed by atoms with E-state index in [9.17, 15) is 19.2 Å². The molecule has 0 radical (unpaired) electrons. The Hall–Kier alpha value is -4.18. The van der Waals surface area contributed by atoms with Crippen LogP contribution >= 0.6 is 0 Å². The molecule has 6 rings (SSSR count). The van der Waals surface area contributed by atoms with Crippen LogP contribution in [0, 0.1) is 5.92 Å². The summed E-state index contributed by atoms with van der Waals surface area (Å²) in [7, 11) is 3.73. The van der Waals surface area contributed by atoms with E-state index >= 15 is 0 Å². The lowest BCUT2D eigenvalue weighted by molar-refractivity contribution is -0.150. The molecule has 0 spiro atoms. The molecule has 2 bridgehead atoms. The Morgan fingerprint density at radius 1 is 1.04 bits per heavy atom. The fourth-order valence-corrected chi connectivity index (χ4v) is 6.78. The van der Waals surface area contributed by atoms with Crippen LogP contribution in [0.4, 0.5) is 0 Å². The summed E-state index contributed by atoms with van der Waals surface area (Å²) in [5.41, 5.74) is 1.79. The first-order chi connectivity index (χ1) is 21.7. The maximum absolute atomic E-state index is 14.6. The molecule has 2 fully saturated rings. The molecule has 4 amide bonds. The number of benzene rings is 2. The largest absolute Gasteiger partial charge is 0.488 e. The van der Waals surface area contributed by atoms with Crippen LogP contribution < -0.4 is 15.4 Å². The van der Waals surface area contributed by atoms with Crippen molar-refractivity contribution < 1.29 is 23.9 Å².